The van der Waals surface area contributed by atoms with Crippen LogP contribution in [0, 0.1) is 11.3 Å². The van der Waals surface area contributed by atoms with Crippen molar-refractivity contribution < 1.29 is 14.3 Å². The Morgan fingerprint density at radius 2 is 1.92 bits per heavy atom. The first-order chi connectivity index (χ1) is 12.0. The molecule has 2 aromatic carbocycles. The molecule has 0 fully saturated rings. The number of aromatic amines is 1. The van der Waals surface area contributed by atoms with Crippen LogP contribution in [0.25, 0.3) is 10.9 Å². The highest BCUT2D eigenvalue weighted by atomic mass is 35.5. The molecule has 0 bridgehead atoms. The van der Waals surface area contributed by atoms with Crippen LogP contribution in [0.15, 0.2) is 42.5 Å². The van der Waals surface area contributed by atoms with Crippen LogP contribution in [0.4, 0.5) is 0 Å². The van der Waals surface area contributed by atoms with Crippen LogP contribution in [0.5, 0.6) is 0 Å². The normalized spacial score (nSPS) is 10.4. The highest BCUT2D eigenvalue weighted by Crippen LogP contribution is 2.27. The Bertz CT molecular complexity index is 1010. The number of aromatic nitrogens is 1. The number of rotatable bonds is 4. The number of methoxy groups -OCH3 is 1. The van der Waals surface area contributed by atoms with Gasteiger partial charge in [0.2, 0.25) is 5.78 Å². The predicted molar refractivity (Wildman–Crippen MR) is 93.6 cm³/mol. The van der Waals surface area contributed by atoms with Crippen LogP contribution in [0.1, 0.15) is 27.2 Å². The molecule has 1 aromatic heterocycles. The minimum Gasteiger partial charge on any atom is -0.469 e. The van der Waals surface area contributed by atoms with E-state index in [9.17, 15) is 9.59 Å². The van der Waals surface area contributed by atoms with Crippen molar-refractivity contribution in [1.29, 1.82) is 5.26 Å². The van der Waals surface area contributed by atoms with E-state index in [1.807, 2.05) is 6.07 Å². The van der Waals surface area contributed by atoms with Gasteiger partial charge >= 0.3 is 5.97 Å². The lowest BCUT2D eigenvalue weighted by molar-refractivity contribution is -0.139. The van der Waals surface area contributed by atoms with Crippen LogP contribution in [-0.4, -0.2) is 23.8 Å². The second-order valence-electron chi connectivity index (χ2n) is 5.44. The van der Waals surface area contributed by atoms with Gasteiger partial charge in [-0.15, -0.1) is 0 Å². The van der Waals surface area contributed by atoms with E-state index in [-0.39, 0.29) is 12.2 Å². The summed E-state index contributed by atoms with van der Waals surface area (Å²) < 4.78 is 4.74. The molecule has 0 amide bonds. The number of carbonyl (C=O) groups excluding carboxylic acids is 2. The lowest BCUT2D eigenvalue weighted by Crippen LogP contribution is -2.10. The van der Waals surface area contributed by atoms with Gasteiger partial charge in [0.1, 0.15) is 0 Å². The number of ether oxygens (including phenoxy) is 1. The number of nitriles is 1. The van der Waals surface area contributed by atoms with Gasteiger partial charge in [0, 0.05) is 27.1 Å². The molecule has 1 heterocycles. The number of hydrogen-bond donors (Lipinski definition) is 1. The Morgan fingerprint density at radius 1 is 1.20 bits per heavy atom. The quantitative estimate of drug-likeness (QED) is 0.574. The van der Waals surface area contributed by atoms with Gasteiger partial charge in [0.15, 0.2) is 0 Å². The maximum absolute atomic E-state index is 12.9. The zero-order valence-corrected chi connectivity index (χ0v) is 14.1. The highest BCUT2D eigenvalue weighted by Gasteiger charge is 2.21. The van der Waals surface area contributed by atoms with Crippen LogP contribution < -0.4 is 0 Å². The number of nitrogens with zero attached hydrogens (tertiary/aromatic N) is 1. The van der Waals surface area contributed by atoms with Gasteiger partial charge in [-0.2, -0.15) is 5.26 Å². The van der Waals surface area contributed by atoms with Crippen molar-refractivity contribution in [2.45, 2.75) is 6.42 Å². The zero-order chi connectivity index (χ0) is 18.0. The molecule has 3 rings (SSSR count). The summed E-state index contributed by atoms with van der Waals surface area (Å²) in [5, 5.41) is 10.1. The van der Waals surface area contributed by atoms with Crippen molar-refractivity contribution >= 4 is 34.3 Å². The average molecular weight is 353 g/mol. The van der Waals surface area contributed by atoms with Gasteiger partial charge < -0.3 is 9.72 Å². The molecule has 0 aliphatic rings. The number of fused-ring (bicyclic) bond motifs is 1. The van der Waals surface area contributed by atoms with Crippen molar-refractivity contribution in [3.63, 3.8) is 0 Å². The van der Waals surface area contributed by atoms with Gasteiger partial charge in [-0.3, -0.25) is 9.59 Å². The summed E-state index contributed by atoms with van der Waals surface area (Å²) in [5.74, 6) is -0.708. The largest absolute Gasteiger partial charge is 0.469 e. The molecule has 25 heavy (non-hydrogen) atoms. The van der Waals surface area contributed by atoms with E-state index < -0.39 is 5.97 Å². The summed E-state index contributed by atoms with van der Waals surface area (Å²) in [6.07, 6.45) is -0.0323. The fourth-order valence-electron chi connectivity index (χ4n) is 2.66. The van der Waals surface area contributed by atoms with Gasteiger partial charge in [0.05, 0.1) is 30.9 Å². The Morgan fingerprint density at radius 3 is 2.56 bits per heavy atom. The first-order valence-corrected chi connectivity index (χ1v) is 7.83. The van der Waals surface area contributed by atoms with E-state index >= 15 is 0 Å². The predicted octanol–water partition coefficient (Wildman–Crippen LogP) is 3.64. The summed E-state index contributed by atoms with van der Waals surface area (Å²) in [6.45, 7) is 0. The lowest BCUT2D eigenvalue weighted by Gasteiger charge is -2.04. The van der Waals surface area contributed by atoms with E-state index in [0.29, 0.717) is 32.9 Å². The van der Waals surface area contributed by atoms with E-state index in [4.69, 9.17) is 21.6 Å². The SMILES string of the molecule is COC(=O)Cc1c(C(=O)c2ccc(C#N)cc2)[nH]c2cc(Cl)ccc12. The van der Waals surface area contributed by atoms with Crippen molar-refractivity contribution in [2.24, 2.45) is 0 Å². The second-order valence-corrected chi connectivity index (χ2v) is 5.88. The maximum atomic E-state index is 12.9. The number of carbonyl (C=O) groups is 2. The molecule has 124 valence electrons. The second kappa shape index (κ2) is 6.80. The molecule has 6 heteroatoms. The molecule has 0 saturated heterocycles. The number of ketones is 1. The summed E-state index contributed by atoms with van der Waals surface area (Å²) >= 11 is 6.02. The molecule has 3 aromatic rings. The molecule has 5 nitrogen and oxygen atoms in total. The third kappa shape index (κ3) is 3.25. The third-order valence-corrected chi connectivity index (χ3v) is 4.16. The Balaban J connectivity index is 2.12. The Labute approximate surface area is 148 Å². The van der Waals surface area contributed by atoms with Crippen molar-refractivity contribution in [2.75, 3.05) is 7.11 Å². The molecular formula is C19H13ClN2O3. The Hall–Kier alpha value is -3.10. The van der Waals surface area contributed by atoms with Gasteiger partial charge in [-0.05, 0) is 36.4 Å². The minimum atomic E-state index is -0.440. The smallest absolute Gasteiger partial charge is 0.310 e. The van der Waals surface area contributed by atoms with Crippen LogP contribution in [0.3, 0.4) is 0 Å². The standard InChI is InChI=1S/C19H13ClN2O3/c1-25-17(23)9-15-14-7-6-13(20)8-16(14)22-18(15)19(24)12-4-2-11(10-21)3-5-12/h2-8,22H,9H2,1H3. The summed E-state index contributed by atoms with van der Waals surface area (Å²) in [4.78, 5) is 27.7. The molecule has 0 saturated carbocycles. The number of halogens is 1. The lowest BCUT2D eigenvalue weighted by atomic mass is 10.0. The highest BCUT2D eigenvalue weighted by molar-refractivity contribution is 6.31. The molecule has 0 spiro atoms. The van der Waals surface area contributed by atoms with Crippen LogP contribution in [0.2, 0.25) is 5.02 Å². The number of nitrogens with one attached hydrogen (secondary N) is 1. The molecule has 1 N–H and O–H groups in total. The average Bonchev–Trinajstić information content (AvgIpc) is 2.98. The fourth-order valence-corrected chi connectivity index (χ4v) is 2.83. The molecule has 0 aliphatic heterocycles. The molecule has 0 radical (unpaired) electrons. The van der Waals surface area contributed by atoms with Crippen molar-refractivity contribution in [1.82, 2.24) is 4.98 Å². The van der Waals surface area contributed by atoms with Crippen LogP contribution in [-0.2, 0) is 16.0 Å². The minimum absolute atomic E-state index is 0.0323. The van der Waals surface area contributed by atoms with Gasteiger partial charge in [-0.25, -0.2) is 0 Å². The van der Waals surface area contributed by atoms with E-state index in [2.05, 4.69) is 4.98 Å². The van der Waals surface area contributed by atoms with Gasteiger partial charge in [0.25, 0.3) is 0 Å². The number of esters is 1. The van der Waals surface area contributed by atoms with Crippen molar-refractivity contribution in [3.8, 4) is 6.07 Å². The maximum Gasteiger partial charge on any atom is 0.310 e. The first kappa shape index (κ1) is 16.7. The number of H-pyrrole nitrogens is 1. The molecular weight excluding hydrogens is 340 g/mol. The van der Waals surface area contributed by atoms with E-state index in [1.165, 1.54) is 7.11 Å². The van der Waals surface area contributed by atoms with Gasteiger partial charge in [-0.1, -0.05) is 17.7 Å². The Kier molecular flexibility index (Phi) is 4.55. The molecule has 0 unspecified atom stereocenters. The van der Waals surface area contributed by atoms with E-state index in [0.717, 1.165) is 5.39 Å². The summed E-state index contributed by atoms with van der Waals surface area (Å²) in [6, 6.07) is 13.5. The zero-order valence-electron chi connectivity index (χ0n) is 13.3. The fraction of sp³-hybridized carbons (Fsp3) is 0.105. The first-order valence-electron chi connectivity index (χ1n) is 7.45. The number of benzene rings is 2. The monoisotopic (exact) mass is 352 g/mol. The molecule has 0 atom stereocenters. The molecule has 0 aliphatic carbocycles. The summed E-state index contributed by atoms with van der Waals surface area (Å²) in [5.41, 5.74) is 2.43. The number of hydrogen-bond acceptors (Lipinski definition) is 4. The topological polar surface area (TPSA) is 82.9 Å². The van der Waals surface area contributed by atoms with Crippen molar-refractivity contribution in [3.05, 3.63) is 69.9 Å². The van der Waals surface area contributed by atoms with Crippen LogP contribution >= 0.6 is 11.6 Å². The van der Waals surface area contributed by atoms with E-state index in [1.54, 1.807) is 42.5 Å². The summed E-state index contributed by atoms with van der Waals surface area (Å²) in [7, 11) is 1.30. The third-order valence-electron chi connectivity index (χ3n) is 3.92.